The minimum Gasteiger partial charge on any atom is -0.388 e. The van der Waals surface area contributed by atoms with Gasteiger partial charge in [-0.1, -0.05) is 14.9 Å². The number of hydrogen-bond donors (Lipinski definition) is 1. The molecule has 3 fully saturated rings. The molecule has 1 N–H and O–H groups in total. The van der Waals surface area contributed by atoms with E-state index in [1.807, 2.05) is 0 Å². The molecule has 0 saturated carbocycles. The fraction of sp³-hybridized carbons (Fsp3) is 1.00. The monoisotopic (exact) mass is 366 g/mol. The Morgan fingerprint density at radius 1 is 0.720 bits per heavy atom. The maximum Gasteiger partial charge on any atom is 0.104 e. The molecular formula is C17H34O8. The van der Waals surface area contributed by atoms with Crippen molar-refractivity contribution in [3.63, 3.8) is 0 Å². The summed E-state index contributed by atoms with van der Waals surface area (Å²) in [6, 6.07) is 0. The molecule has 3 saturated heterocycles. The highest BCUT2D eigenvalue weighted by Crippen LogP contribution is 2.12. The zero-order valence-corrected chi connectivity index (χ0v) is 13.3. The summed E-state index contributed by atoms with van der Waals surface area (Å²) >= 11 is 0. The van der Waals surface area contributed by atoms with Crippen molar-refractivity contribution in [1.82, 2.24) is 0 Å². The first-order valence-electron chi connectivity index (χ1n) is 8.17. The van der Waals surface area contributed by atoms with E-state index >= 15 is 0 Å². The third kappa shape index (κ3) is 11.1. The predicted octanol–water partition coefficient (Wildman–Crippen LogP) is 0.251. The van der Waals surface area contributed by atoms with Gasteiger partial charge in [0.2, 0.25) is 0 Å². The topological polar surface area (TPSA) is 94.7 Å². The Bertz CT molecular complexity index is 331. The van der Waals surface area contributed by atoms with E-state index in [0.29, 0.717) is 33.0 Å². The van der Waals surface area contributed by atoms with Crippen LogP contribution in [0.2, 0.25) is 0 Å². The molecule has 150 valence electrons. The number of aliphatic hydroxyl groups excluding tert-OH is 1. The second-order valence-electron chi connectivity index (χ2n) is 6.09. The van der Waals surface area contributed by atoms with Gasteiger partial charge in [0, 0.05) is 0 Å². The largest absolute Gasteiger partial charge is 0.388 e. The van der Waals surface area contributed by atoms with E-state index in [9.17, 15) is 5.11 Å². The van der Waals surface area contributed by atoms with Crippen molar-refractivity contribution in [3.8, 4) is 0 Å². The molecule has 0 bridgehead atoms. The number of ether oxygens (including phenoxy) is 7. The first-order valence-corrected chi connectivity index (χ1v) is 8.17. The van der Waals surface area contributed by atoms with Crippen LogP contribution < -0.4 is 0 Å². The summed E-state index contributed by atoms with van der Waals surface area (Å²) in [4.78, 5) is 0. The summed E-state index contributed by atoms with van der Waals surface area (Å²) in [6.07, 6.45) is -0.184. The second kappa shape index (κ2) is 12.1. The maximum atomic E-state index is 9.78. The minimum atomic E-state index is -0.651. The summed E-state index contributed by atoms with van der Waals surface area (Å²) in [6.45, 7) is 5.20. The number of aliphatic hydroxyl groups is 1. The molecule has 8 heteroatoms. The van der Waals surface area contributed by atoms with E-state index in [-0.39, 0.29) is 52.5 Å². The Kier molecular flexibility index (Phi) is 11.0. The van der Waals surface area contributed by atoms with Gasteiger partial charge in [0.1, 0.15) is 30.5 Å². The summed E-state index contributed by atoms with van der Waals surface area (Å²) in [7, 11) is 0. The molecule has 0 aromatic carbocycles. The van der Waals surface area contributed by atoms with Crippen molar-refractivity contribution in [1.29, 1.82) is 0 Å². The quantitative estimate of drug-likeness (QED) is 0.412. The van der Waals surface area contributed by atoms with Gasteiger partial charge in [-0.15, -0.1) is 0 Å². The molecule has 3 aliphatic heterocycles. The Hall–Kier alpha value is -0.320. The SMILES string of the molecule is C.C.OC(COCC(COCC1CO1)OCC1CO1)COCC1CO1. The lowest BCUT2D eigenvalue weighted by molar-refractivity contribution is -0.0836. The van der Waals surface area contributed by atoms with Crippen LogP contribution in [0.4, 0.5) is 0 Å². The van der Waals surface area contributed by atoms with Gasteiger partial charge in [0.25, 0.3) is 0 Å². The third-order valence-electron chi connectivity index (χ3n) is 3.56. The smallest absolute Gasteiger partial charge is 0.104 e. The van der Waals surface area contributed by atoms with E-state index in [2.05, 4.69) is 0 Å². The lowest BCUT2D eigenvalue weighted by Crippen LogP contribution is -2.31. The van der Waals surface area contributed by atoms with Gasteiger partial charge in [-0.05, 0) is 0 Å². The van der Waals surface area contributed by atoms with Crippen LogP contribution in [0.1, 0.15) is 14.9 Å². The van der Waals surface area contributed by atoms with Crippen molar-refractivity contribution < 1.29 is 38.3 Å². The molecule has 0 aliphatic carbocycles. The average Bonchev–Trinajstić information content (AvgIpc) is 3.36. The molecule has 0 aromatic heterocycles. The van der Waals surface area contributed by atoms with Crippen molar-refractivity contribution >= 4 is 0 Å². The maximum absolute atomic E-state index is 9.78. The number of rotatable bonds is 15. The zero-order chi connectivity index (χ0) is 15.9. The molecule has 5 atom stereocenters. The van der Waals surface area contributed by atoms with Crippen LogP contribution >= 0.6 is 0 Å². The van der Waals surface area contributed by atoms with Crippen molar-refractivity contribution in [3.05, 3.63) is 0 Å². The van der Waals surface area contributed by atoms with Crippen LogP contribution in [0, 0.1) is 0 Å². The number of epoxide rings is 3. The Morgan fingerprint density at radius 2 is 1.16 bits per heavy atom. The van der Waals surface area contributed by atoms with Crippen LogP contribution in [-0.4, -0.2) is 102 Å². The minimum absolute atomic E-state index is 0. The lowest BCUT2D eigenvalue weighted by Gasteiger charge is -2.19. The summed E-state index contributed by atoms with van der Waals surface area (Å²) in [5, 5.41) is 9.78. The molecule has 5 unspecified atom stereocenters. The lowest BCUT2D eigenvalue weighted by atomic mass is 10.3. The predicted molar refractivity (Wildman–Crippen MR) is 90.9 cm³/mol. The van der Waals surface area contributed by atoms with Gasteiger partial charge in [0.15, 0.2) is 0 Å². The molecule has 3 aliphatic rings. The third-order valence-corrected chi connectivity index (χ3v) is 3.56. The van der Waals surface area contributed by atoms with Gasteiger partial charge in [-0.3, -0.25) is 0 Å². The van der Waals surface area contributed by atoms with Gasteiger partial charge in [0.05, 0.1) is 66.1 Å². The van der Waals surface area contributed by atoms with Crippen LogP contribution in [0.3, 0.4) is 0 Å². The average molecular weight is 366 g/mol. The van der Waals surface area contributed by atoms with Crippen LogP contribution in [0.25, 0.3) is 0 Å². The Labute approximate surface area is 150 Å². The molecule has 3 rings (SSSR count). The number of hydrogen-bond acceptors (Lipinski definition) is 8. The molecule has 0 spiro atoms. The summed E-state index contributed by atoms with van der Waals surface area (Å²) in [5.74, 6) is 0. The van der Waals surface area contributed by atoms with E-state index in [0.717, 1.165) is 19.8 Å². The summed E-state index contributed by atoms with van der Waals surface area (Å²) in [5.41, 5.74) is 0. The van der Waals surface area contributed by atoms with E-state index in [4.69, 9.17) is 33.2 Å². The van der Waals surface area contributed by atoms with E-state index in [1.165, 1.54) is 0 Å². The normalized spacial score (nSPS) is 28.4. The van der Waals surface area contributed by atoms with Crippen molar-refractivity contribution in [2.45, 2.75) is 45.4 Å². The van der Waals surface area contributed by atoms with Gasteiger partial charge in [-0.25, -0.2) is 0 Å². The van der Waals surface area contributed by atoms with E-state index in [1.54, 1.807) is 0 Å². The van der Waals surface area contributed by atoms with E-state index < -0.39 is 6.10 Å². The molecule has 3 heterocycles. The standard InChI is InChI=1S/C15H26O8.2CH4/c16-11(2-18-5-13-7-21-13)1-17-3-12(20-9-15-10-23-15)4-19-6-14-8-22-14;;/h11-16H,1-10H2;2*1H4. The second-order valence-corrected chi connectivity index (χ2v) is 6.09. The van der Waals surface area contributed by atoms with Crippen LogP contribution in [0.5, 0.6) is 0 Å². The molecule has 0 radical (unpaired) electrons. The molecule has 0 amide bonds. The summed E-state index contributed by atoms with van der Waals surface area (Å²) < 4.78 is 37.4. The van der Waals surface area contributed by atoms with Gasteiger partial charge in [-0.2, -0.15) is 0 Å². The molecule has 0 aromatic rings. The van der Waals surface area contributed by atoms with Gasteiger partial charge < -0.3 is 38.3 Å². The van der Waals surface area contributed by atoms with Crippen molar-refractivity contribution in [2.75, 3.05) is 66.1 Å². The first-order chi connectivity index (χ1) is 11.3. The van der Waals surface area contributed by atoms with Gasteiger partial charge >= 0.3 is 0 Å². The van der Waals surface area contributed by atoms with Crippen LogP contribution in [-0.2, 0) is 33.2 Å². The Morgan fingerprint density at radius 3 is 1.72 bits per heavy atom. The molecule has 8 nitrogen and oxygen atoms in total. The Balaban J connectivity index is 0.00000156. The fourth-order valence-corrected chi connectivity index (χ4v) is 1.93. The first kappa shape index (κ1) is 22.7. The zero-order valence-electron chi connectivity index (χ0n) is 13.3. The molecule has 25 heavy (non-hydrogen) atoms. The molecular weight excluding hydrogens is 332 g/mol. The van der Waals surface area contributed by atoms with Crippen LogP contribution in [0.15, 0.2) is 0 Å². The highest BCUT2D eigenvalue weighted by atomic mass is 16.6. The highest BCUT2D eigenvalue weighted by Gasteiger charge is 2.26. The highest BCUT2D eigenvalue weighted by molar-refractivity contribution is 4.71. The fourth-order valence-electron chi connectivity index (χ4n) is 1.93. The van der Waals surface area contributed by atoms with Crippen molar-refractivity contribution in [2.24, 2.45) is 0 Å².